The molecule has 2 fully saturated rings. The molecule has 4 heteroatoms. The van der Waals surface area contributed by atoms with Crippen molar-refractivity contribution in [1.29, 1.82) is 0 Å². The Balaban J connectivity index is 1.81. The quantitative estimate of drug-likeness (QED) is 0.767. The molecule has 2 heterocycles. The summed E-state index contributed by atoms with van der Waals surface area (Å²) in [4.78, 5) is 14.1. The Bertz CT molecular complexity index is 239. The largest absolute Gasteiger partial charge is 0.366 e. The van der Waals surface area contributed by atoms with E-state index in [0.29, 0.717) is 19.1 Å². The minimum atomic E-state index is -0.242. The number of nitrogens with one attached hydrogen (secondary N) is 1. The van der Waals surface area contributed by atoms with Crippen molar-refractivity contribution in [1.82, 2.24) is 10.2 Å². The van der Waals surface area contributed by atoms with E-state index in [2.05, 4.69) is 12.2 Å². The standard InChI is InChI=1S/C12H22N2O2/c1-2-3-10-4-6-14(9-10)12(15)11-8-13-5-7-16-11/h10-11,13H,2-9H2,1H3. The van der Waals surface area contributed by atoms with Crippen LogP contribution in [0.2, 0.25) is 0 Å². The first kappa shape index (κ1) is 11.9. The number of nitrogens with zero attached hydrogens (tertiary/aromatic N) is 1. The van der Waals surface area contributed by atoms with Gasteiger partial charge in [0.05, 0.1) is 6.61 Å². The topological polar surface area (TPSA) is 41.6 Å². The lowest BCUT2D eigenvalue weighted by Crippen LogP contribution is -2.48. The highest BCUT2D eigenvalue weighted by molar-refractivity contribution is 5.81. The molecule has 0 radical (unpaired) electrons. The highest BCUT2D eigenvalue weighted by Crippen LogP contribution is 2.21. The molecule has 0 spiro atoms. The van der Waals surface area contributed by atoms with E-state index >= 15 is 0 Å². The number of rotatable bonds is 3. The van der Waals surface area contributed by atoms with Crippen LogP contribution in [0.4, 0.5) is 0 Å². The van der Waals surface area contributed by atoms with Gasteiger partial charge in [0.2, 0.25) is 0 Å². The first-order valence-electron chi connectivity index (χ1n) is 6.42. The third kappa shape index (κ3) is 2.74. The van der Waals surface area contributed by atoms with Crippen LogP contribution < -0.4 is 5.32 Å². The van der Waals surface area contributed by atoms with Gasteiger partial charge in [0.25, 0.3) is 5.91 Å². The molecule has 0 aromatic carbocycles. The number of amides is 1. The fraction of sp³-hybridized carbons (Fsp3) is 0.917. The average molecular weight is 226 g/mol. The van der Waals surface area contributed by atoms with Crippen molar-refractivity contribution in [2.75, 3.05) is 32.8 Å². The van der Waals surface area contributed by atoms with Gasteiger partial charge < -0.3 is 15.0 Å². The fourth-order valence-corrected chi connectivity index (χ4v) is 2.60. The molecule has 2 unspecified atom stereocenters. The molecule has 92 valence electrons. The number of ether oxygens (including phenoxy) is 1. The van der Waals surface area contributed by atoms with Gasteiger partial charge in [0, 0.05) is 26.2 Å². The minimum Gasteiger partial charge on any atom is -0.366 e. The molecule has 1 amide bonds. The third-order valence-electron chi connectivity index (χ3n) is 3.50. The van der Waals surface area contributed by atoms with E-state index in [-0.39, 0.29) is 12.0 Å². The predicted octanol–water partition coefficient (Wildman–Crippen LogP) is 0.623. The van der Waals surface area contributed by atoms with E-state index in [0.717, 1.165) is 19.6 Å². The molecular formula is C12H22N2O2. The molecule has 16 heavy (non-hydrogen) atoms. The predicted molar refractivity (Wildman–Crippen MR) is 62.2 cm³/mol. The zero-order valence-corrected chi connectivity index (χ0v) is 10.1. The van der Waals surface area contributed by atoms with Crippen LogP contribution in [0.3, 0.4) is 0 Å². The van der Waals surface area contributed by atoms with Gasteiger partial charge in [-0.15, -0.1) is 0 Å². The zero-order valence-electron chi connectivity index (χ0n) is 10.1. The maximum absolute atomic E-state index is 12.1. The maximum atomic E-state index is 12.1. The fourth-order valence-electron chi connectivity index (χ4n) is 2.60. The van der Waals surface area contributed by atoms with Gasteiger partial charge >= 0.3 is 0 Å². The van der Waals surface area contributed by atoms with Gasteiger partial charge in [-0.25, -0.2) is 0 Å². The first-order valence-corrected chi connectivity index (χ1v) is 6.42. The molecule has 0 bridgehead atoms. The molecule has 0 aromatic heterocycles. The number of morpholine rings is 1. The molecule has 2 saturated heterocycles. The summed E-state index contributed by atoms with van der Waals surface area (Å²) in [6.45, 7) is 6.26. The van der Waals surface area contributed by atoms with E-state index in [9.17, 15) is 4.79 Å². The molecular weight excluding hydrogens is 204 g/mol. The monoisotopic (exact) mass is 226 g/mol. The van der Waals surface area contributed by atoms with Crippen LogP contribution in [0.15, 0.2) is 0 Å². The van der Waals surface area contributed by atoms with Crippen molar-refractivity contribution < 1.29 is 9.53 Å². The zero-order chi connectivity index (χ0) is 11.4. The molecule has 2 aliphatic heterocycles. The smallest absolute Gasteiger partial charge is 0.253 e. The second-order valence-corrected chi connectivity index (χ2v) is 4.79. The summed E-state index contributed by atoms with van der Waals surface area (Å²) in [7, 11) is 0. The minimum absolute atomic E-state index is 0.186. The van der Waals surface area contributed by atoms with Crippen LogP contribution in [0.1, 0.15) is 26.2 Å². The van der Waals surface area contributed by atoms with Crippen LogP contribution in [0.5, 0.6) is 0 Å². The van der Waals surface area contributed by atoms with E-state index in [1.165, 1.54) is 19.3 Å². The van der Waals surface area contributed by atoms with Crippen LogP contribution in [0, 0.1) is 5.92 Å². The first-order chi connectivity index (χ1) is 7.81. The second kappa shape index (κ2) is 5.64. The van der Waals surface area contributed by atoms with Crippen LogP contribution in [-0.4, -0.2) is 49.7 Å². The summed E-state index contributed by atoms with van der Waals surface area (Å²) in [6.07, 6.45) is 3.38. The molecule has 2 rings (SSSR count). The summed E-state index contributed by atoms with van der Waals surface area (Å²) >= 11 is 0. The molecule has 0 saturated carbocycles. The molecule has 2 atom stereocenters. The highest BCUT2D eigenvalue weighted by atomic mass is 16.5. The van der Waals surface area contributed by atoms with Crippen LogP contribution in [0.25, 0.3) is 0 Å². The van der Waals surface area contributed by atoms with E-state index in [4.69, 9.17) is 4.74 Å². The Kier molecular flexibility index (Phi) is 4.18. The lowest BCUT2D eigenvalue weighted by atomic mass is 10.0. The summed E-state index contributed by atoms with van der Waals surface area (Å²) < 4.78 is 5.49. The molecule has 1 N–H and O–H groups in total. The Morgan fingerprint density at radius 1 is 1.56 bits per heavy atom. The number of hydrogen-bond donors (Lipinski definition) is 1. The van der Waals surface area contributed by atoms with Crippen molar-refractivity contribution in [3.63, 3.8) is 0 Å². The summed E-state index contributed by atoms with van der Waals surface area (Å²) in [5.74, 6) is 0.899. The van der Waals surface area contributed by atoms with Crippen LogP contribution in [-0.2, 0) is 9.53 Å². The lowest BCUT2D eigenvalue weighted by Gasteiger charge is -2.27. The summed E-state index contributed by atoms with van der Waals surface area (Å²) in [5, 5.41) is 3.20. The van der Waals surface area contributed by atoms with Gasteiger partial charge in [-0.3, -0.25) is 4.79 Å². The van der Waals surface area contributed by atoms with Gasteiger partial charge in [-0.05, 0) is 18.8 Å². The highest BCUT2D eigenvalue weighted by Gasteiger charge is 2.31. The average Bonchev–Trinajstić information content (AvgIpc) is 2.78. The Labute approximate surface area is 97.3 Å². The third-order valence-corrected chi connectivity index (χ3v) is 3.50. The van der Waals surface area contributed by atoms with Crippen molar-refractivity contribution in [2.45, 2.75) is 32.3 Å². The normalized spacial score (nSPS) is 30.7. The van der Waals surface area contributed by atoms with E-state index in [1.54, 1.807) is 0 Å². The van der Waals surface area contributed by atoms with Gasteiger partial charge in [0.1, 0.15) is 6.10 Å². The Hall–Kier alpha value is -0.610. The lowest BCUT2D eigenvalue weighted by molar-refractivity contribution is -0.144. The van der Waals surface area contributed by atoms with E-state index in [1.807, 2.05) is 4.90 Å². The number of carbonyl (C=O) groups is 1. The van der Waals surface area contributed by atoms with E-state index < -0.39 is 0 Å². The molecule has 0 aromatic rings. The molecule has 4 nitrogen and oxygen atoms in total. The SMILES string of the molecule is CCCC1CCN(C(=O)C2CNCCO2)C1. The van der Waals surface area contributed by atoms with Crippen molar-refractivity contribution >= 4 is 5.91 Å². The van der Waals surface area contributed by atoms with Crippen molar-refractivity contribution in [3.8, 4) is 0 Å². The number of carbonyl (C=O) groups excluding carboxylic acids is 1. The summed E-state index contributed by atoms with van der Waals surface area (Å²) in [6, 6.07) is 0. The van der Waals surface area contributed by atoms with Crippen molar-refractivity contribution in [3.05, 3.63) is 0 Å². The Morgan fingerprint density at radius 2 is 2.44 bits per heavy atom. The molecule has 0 aliphatic carbocycles. The Morgan fingerprint density at radius 3 is 3.12 bits per heavy atom. The van der Waals surface area contributed by atoms with Crippen molar-refractivity contribution in [2.24, 2.45) is 5.92 Å². The second-order valence-electron chi connectivity index (χ2n) is 4.79. The molecule has 2 aliphatic rings. The maximum Gasteiger partial charge on any atom is 0.253 e. The summed E-state index contributed by atoms with van der Waals surface area (Å²) in [5.41, 5.74) is 0. The van der Waals surface area contributed by atoms with Gasteiger partial charge in [-0.1, -0.05) is 13.3 Å². The van der Waals surface area contributed by atoms with Crippen LogP contribution >= 0.6 is 0 Å². The number of hydrogen-bond acceptors (Lipinski definition) is 3. The van der Waals surface area contributed by atoms with Gasteiger partial charge in [0.15, 0.2) is 0 Å². The van der Waals surface area contributed by atoms with Gasteiger partial charge in [-0.2, -0.15) is 0 Å². The number of likely N-dealkylation sites (tertiary alicyclic amines) is 1.